The van der Waals surface area contributed by atoms with Gasteiger partial charge in [-0.2, -0.15) is 0 Å². The van der Waals surface area contributed by atoms with Crippen molar-refractivity contribution in [3.8, 4) is 0 Å². The fourth-order valence-electron chi connectivity index (χ4n) is 3.05. The van der Waals surface area contributed by atoms with Crippen LogP contribution in [0, 0.1) is 6.92 Å². The number of benzene rings is 3. The van der Waals surface area contributed by atoms with Crippen molar-refractivity contribution < 1.29 is 0 Å². The quantitative estimate of drug-likeness (QED) is 0.454. The topological polar surface area (TPSA) is 0 Å². The molecule has 0 atom stereocenters. The lowest BCUT2D eigenvalue weighted by Gasteiger charge is -2.23. The van der Waals surface area contributed by atoms with Crippen molar-refractivity contribution in [2.75, 3.05) is 0 Å². The monoisotopic (exact) mass is 248 g/mol. The molecule has 0 amide bonds. The summed E-state index contributed by atoms with van der Waals surface area (Å²) in [6.07, 6.45) is 0. The lowest BCUT2D eigenvalue weighted by molar-refractivity contribution is 0.587. The second-order valence-corrected chi connectivity index (χ2v) is 6.37. The molecule has 0 heteroatoms. The zero-order valence-electron chi connectivity index (χ0n) is 12.1. The Kier molecular flexibility index (Phi) is 2.63. The predicted octanol–water partition coefficient (Wildman–Crippen LogP) is 5.60. The van der Waals surface area contributed by atoms with Crippen molar-refractivity contribution in [3.63, 3.8) is 0 Å². The Hall–Kier alpha value is -1.82. The van der Waals surface area contributed by atoms with Crippen LogP contribution in [0.1, 0.15) is 31.9 Å². The minimum Gasteiger partial charge on any atom is -0.0616 e. The van der Waals surface area contributed by atoms with E-state index in [0.29, 0.717) is 0 Å². The van der Waals surface area contributed by atoms with Crippen LogP contribution in [0.3, 0.4) is 0 Å². The summed E-state index contributed by atoms with van der Waals surface area (Å²) in [6.45, 7) is 9.09. The average molecular weight is 248 g/mol. The first-order valence-electron chi connectivity index (χ1n) is 6.90. The standard InChI is InChI=1S/C19H20/c1-13-15-10-9-14-7-5-6-8-16(14)17(15)11-12-18(13)19(2,3)4/h5-12H,1-4H3. The number of hydrogen-bond acceptors (Lipinski definition) is 0. The molecule has 3 rings (SSSR count). The number of aryl methyl sites for hydroxylation is 1. The average Bonchev–Trinajstić information content (AvgIpc) is 2.37. The molecule has 96 valence electrons. The van der Waals surface area contributed by atoms with E-state index in [2.05, 4.69) is 76.2 Å². The summed E-state index contributed by atoms with van der Waals surface area (Å²) in [4.78, 5) is 0. The Labute approximate surface area is 115 Å². The third kappa shape index (κ3) is 1.92. The van der Waals surface area contributed by atoms with Crippen molar-refractivity contribution in [1.29, 1.82) is 0 Å². The molecule has 0 aromatic heterocycles. The molecule has 0 spiro atoms. The largest absolute Gasteiger partial charge is 0.0616 e. The van der Waals surface area contributed by atoms with Crippen LogP contribution >= 0.6 is 0 Å². The summed E-state index contributed by atoms with van der Waals surface area (Å²) in [5.74, 6) is 0. The van der Waals surface area contributed by atoms with Crippen LogP contribution in [0.2, 0.25) is 0 Å². The summed E-state index contributed by atoms with van der Waals surface area (Å²) in [7, 11) is 0. The van der Waals surface area contributed by atoms with Crippen molar-refractivity contribution in [3.05, 3.63) is 59.7 Å². The van der Waals surface area contributed by atoms with Gasteiger partial charge in [0.2, 0.25) is 0 Å². The molecule has 0 aliphatic rings. The van der Waals surface area contributed by atoms with Crippen molar-refractivity contribution >= 4 is 21.5 Å². The lowest BCUT2D eigenvalue weighted by Crippen LogP contribution is -2.13. The molecule has 3 aromatic rings. The van der Waals surface area contributed by atoms with E-state index >= 15 is 0 Å². The van der Waals surface area contributed by atoms with Crippen LogP contribution in [0.15, 0.2) is 48.5 Å². The number of hydrogen-bond donors (Lipinski definition) is 0. The maximum Gasteiger partial charge on any atom is -0.0103 e. The molecule has 0 radical (unpaired) electrons. The Balaban J connectivity index is 2.43. The van der Waals surface area contributed by atoms with Gasteiger partial charge >= 0.3 is 0 Å². The van der Waals surface area contributed by atoms with E-state index < -0.39 is 0 Å². The van der Waals surface area contributed by atoms with Gasteiger partial charge in [-0.05, 0) is 45.0 Å². The highest BCUT2D eigenvalue weighted by atomic mass is 14.2. The maximum atomic E-state index is 2.30. The third-order valence-corrected chi connectivity index (χ3v) is 4.00. The molecule has 19 heavy (non-hydrogen) atoms. The molecular formula is C19H20. The molecule has 0 saturated carbocycles. The van der Waals surface area contributed by atoms with E-state index in [1.807, 2.05) is 0 Å². The first-order chi connectivity index (χ1) is 8.98. The zero-order chi connectivity index (χ0) is 13.6. The predicted molar refractivity (Wildman–Crippen MR) is 84.9 cm³/mol. The molecule has 3 aromatic carbocycles. The van der Waals surface area contributed by atoms with Gasteiger partial charge < -0.3 is 0 Å². The maximum absolute atomic E-state index is 2.30. The van der Waals surface area contributed by atoms with E-state index in [1.165, 1.54) is 32.7 Å². The van der Waals surface area contributed by atoms with E-state index in [9.17, 15) is 0 Å². The highest BCUT2D eigenvalue weighted by Crippen LogP contribution is 2.33. The molecule has 0 fully saturated rings. The Morgan fingerprint density at radius 2 is 1.37 bits per heavy atom. The van der Waals surface area contributed by atoms with Gasteiger partial charge in [0, 0.05) is 0 Å². The van der Waals surface area contributed by atoms with Crippen LogP contribution < -0.4 is 0 Å². The van der Waals surface area contributed by atoms with Crippen molar-refractivity contribution in [1.82, 2.24) is 0 Å². The molecule has 0 nitrogen and oxygen atoms in total. The van der Waals surface area contributed by atoms with Gasteiger partial charge in [0.05, 0.1) is 0 Å². The highest BCUT2D eigenvalue weighted by molar-refractivity contribution is 6.08. The van der Waals surface area contributed by atoms with E-state index in [0.717, 1.165) is 0 Å². The summed E-state index contributed by atoms with van der Waals surface area (Å²) in [5, 5.41) is 5.41. The van der Waals surface area contributed by atoms with Gasteiger partial charge in [-0.25, -0.2) is 0 Å². The molecule has 0 N–H and O–H groups in total. The minimum absolute atomic E-state index is 0.198. The first kappa shape index (κ1) is 12.2. The van der Waals surface area contributed by atoms with Crippen molar-refractivity contribution in [2.45, 2.75) is 33.1 Å². The van der Waals surface area contributed by atoms with E-state index in [-0.39, 0.29) is 5.41 Å². The van der Waals surface area contributed by atoms with Gasteiger partial charge in [-0.15, -0.1) is 0 Å². The van der Waals surface area contributed by atoms with Gasteiger partial charge in [-0.3, -0.25) is 0 Å². The molecule has 0 heterocycles. The van der Waals surface area contributed by atoms with Gasteiger partial charge in [0.15, 0.2) is 0 Å². The third-order valence-electron chi connectivity index (χ3n) is 4.00. The zero-order valence-corrected chi connectivity index (χ0v) is 12.1. The molecule has 0 aliphatic carbocycles. The Bertz CT molecular complexity index is 758. The summed E-state index contributed by atoms with van der Waals surface area (Å²) >= 11 is 0. The van der Waals surface area contributed by atoms with Crippen LogP contribution in [-0.2, 0) is 5.41 Å². The molecular weight excluding hydrogens is 228 g/mol. The summed E-state index contributed by atoms with van der Waals surface area (Å²) in [5.41, 5.74) is 3.05. The van der Waals surface area contributed by atoms with Crippen LogP contribution in [0.5, 0.6) is 0 Å². The molecule has 0 bridgehead atoms. The lowest BCUT2D eigenvalue weighted by atomic mass is 9.82. The molecule has 0 saturated heterocycles. The minimum atomic E-state index is 0.198. The van der Waals surface area contributed by atoms with Gasteiger partial charge in [0.1, 0.15) is 0 Å². The highest BCUT2D eigenvalue weighted by Gasteiger charge is 2.17. The van der Waals surface area contributed by atoms with Gasteiger partial charge in [0.25, 0.3) is 0 Å². The second kappa shape index (κ2) is 4.09. The number of rotatable bonds is 0. The summed E-state index contributed by atoms with van der Waals surface area (Å²) in [6, 6.07) is 17.7. The van der Waals surface area contributed by atoms with Crippen LogP contribution in [-0.4, -0.2) is 0 Å². The smallest absolute Gasteiger partial charge is 0.0103 e. The van der Waals surface area contributed by atoms with Crippen LogP contribution in [0.4, 0.5) is 0 Å². The first-order valence-corrected chi connectivity index (χ1v) is 6.90. The Morgan fingerprint density at radius 1 is 0.684 bits per heavy atom. The van der Waals surface area contributed by atoms with Crippen molar-refractivity contribution in [2.24, 2.45) is 0 Å². The van der Waals surface area contributed by atoms with E-state index in [1.54, 1.807) is 0 Å². The molecule has 0 aliphatic heterocycles. The van der Waals surface area contributed by atoms with E-state index in [4.69, 9.17) is 0 Å². The Morgan fingerprint density at radius 3 is 2.11 bits per heavy atom. The SMILES string of the molecule is Cc1c(C(C)(C)C)ccc2c1ccc1ccccc12. The fourth-order valence-corrected chi connectivity index (χ4v) is 3.05. The van der Waals surface area contributed by atoms with Crippen LogP contribution in [0.25, 0.3) is 21.5 Å². The molecule has 0 unspecified atom stereocenters. The normalized spacial score (nSPS) is 12.2. The number of fused-ring (bicyclic) bond motifs is 3. The summed E-state index contributed by atoms with van der Waals surface area (Å²) < 4.78 is 0. The van der Waals surface area contributed by atoms with Gasteiger partial charge in [-0.1, -0.05) is 69.3 Å². The second-order valence-electron chi connectivity index (χ2n) is 6.37. The fraction of sp³-hybridized carbons (Fsp3) is 0.263.